The molecule has 100 valence electrons. The molecule has 1 unspecified atom stereocenters. The maximum Gasteiger partial charge on any atom is 0.226 e. The van der Waals surface area contributed by atoms with Crippen LogP contribution in [0.25, 0.3) is 0 Å². The highest BCUT2D eigenvalue weighted by molar-refractivity contribution is 5.78. The summed E-state index contributed by atoms with van der Waals surface area (Å²) in [6.07, 6.45) is 2.23. The summed E-state index contributed by atoms with van der Waals surface area (Å²) in [4.78, 5) is 16.6. The molecular formula is C13H27N3O. The Morgan fingerprint density at radius 2 is 2.06 bits per heavy atom. The van der Waals surface area contributed by atoms with E-state index < -0.39 is 0 Å². The molecule has 4 nitrogen and oxygen atoms in total. The summed E-state index contributed by atoms with van der Waals surface area (Å²) in [5, 5.41) is 3.07. The molecule has 1 aliphatic rings. The monoisotopic (exact) mass is 241 g/mol. The number of likely N-dealkylation sites (tertiary alicyclic amines) is 1. The summed E-state index contributed by atoms with van der Waals surface area (Å²) in [5.41, 5.74) is 0. The fourth-order valence-electron chi connectivity index (χ4n) is 2.54. The van der Waals surface area contributed by atoms with Crippen molar-refractivity contribution in [2.75, 3.05) is 40.3 Å². The van der Waals surface area contributed by atoms with Gasteiger partial charge < -0.3 is 15.1 Å². The molecule has 0 aromatic carbocycles. The highest BCUT2D eigenvalue weighted by Gasteiger charge is 2.26. The van der Waals surface area contributed by atoms with Gasteiger partial charge in [-0.2, -0.15) is 0 Å². The van der Waals surface area contributed by atoms with Crippen LogP contribution in [0.3, 0.4) is 0 Å². The van der Waals surface area contributed by atoms with E-state index in [0.29, 0.717) is 6.04 Å². The highest BCUT2D eigenvalue weighted by atomic mass is 16.2. The Hall–Kier alpha value is -0.610. The van der Waals surface area contributed by atoms with Crippen LogP contribution in [0.5, 0.6) is 0 Å². The normalized spacial score (nSPS) is 20.2. The molecule has 0 aromatic rings. The summed E-state index contributed by atoms with van der Waals surface area (Å²) < 4.78 is 0. The standard InChI is InChI=1S/C13H27N3O/c1-5-16-8-6-12(7-9-16)15(4)13(17)11(2)10-14-3/h11-12,14H,5-10H2,1-4H3. The van der Waals surface area contributed by atoms with Crippen LogP contribution in [0.2, 0.25) is 0 Å². The van der Waals surface area contributed by atoms with Crippen LogP contribution in [0, 0.1) is 5.92 Å². The van der Waals surface area contributed by atoms with Crippen molar-refractivity contribution in [1.29, 1.82) is 0 Å². The highest BCUT2D eigenvalue weighted by Crippen LogP contribution is 2.16. The van der Waals surface area contributed by atoms with Crippen molar-refractivity contribution in [3.63, 3.8) is 0 Å². The van der Waals surface area contributed by atoms with Crippen molar-refractivity contribution in [3.05, 3.63) is 0 Å². The van der Waals surface area contributed by atoms with E-state index in [4.69, 9.17) is 0 Å². The van der Waals surface area contributed by atoms with Crippen molar-refractivity contribution in [2.24, 2.45) is 5.92 Å². The number of nitrogens with one attached hydrogen (secondary N) is 1. The van der Waals surface area contributed by atoms with Crippen molar-refractivity contribution >= 4 is 5.91 Å². The molecular weight excluding hydrogens is 214 g/mol. The van der Waals surface area contributed by atoms with Crippen LogP contribution in [-0.2, 0) is 4.79 Å². The topological polar surface area (TPSA) is 35.6 Å². The lowest BCUT2D eigenvalue weighted by Gasteiger charge is -2.37. The molecule has 1 atom stereocenters. The Morgan fingerprint density at radius 3 is 2.53 bits per heavy atom. The van der Waals surface area contributed by atoms with E-state index in [1.165, 1.54) is 0 Å². The van der Waals surface area contributed by atoms with Gasteiger partial charge in [0, 0.05) is 38.6 Å². The first-order valence-electron chi connectivity index (χ1n) is 6.73. The van der Waals surface area contributed by atoms with Gasteiger partial charge in [-0.15, -0.1) is 0 Å². The first-order chi connectivity index (χ1) is 8.10. The van der Waals surface area contributed by atoms with E-state index in [-0.39, 0.29) is 11.8 Å². The molecule has 1 aliphatic heterocycles. The van der Waals surface area contributed by atoms with Gasteiger partial charge in [0.05, 0.1) is 0 Å². The summed E-state index contributed by atoms with van der Waals surface area (Å²) >= 11 is 0. The molecule has 0 radical (unpaired) electrons. The first-order valence-corrected chi connectivity index (χ1v) is 6.73. The van der Waals surface area contributed by atoms with Crippen LogP contribution in [0.15, 0.2) is 0 Å². The van der Waals surface area contributed by atoms with Crippen molar-refractivity contribution < 1.29 is 4.79 Å². The third-order valence-electron chi connectivity index (χ3n) is 3.83. The summed E-state index contributed by atoms with van der Waals surface area (Å²) in [6, 6.07) is 0.435. The Labute approximate surface area is 105 Å². The van der Waals surface area contributed by atoms with E-state index in [1.54, 1.807) is 0 Å². The second kappa shape index (κ2) is 6.97. The van der Waals surface area contributed by atoms with Crippen LogP contribution in [0.4, 0.5) is 0 Å². The van der Waals surface area contributed by atoms with E-state index in [2.05, 4.69) is 17.1 Å². The molecule has 1 N–H and O–H groups in total. The van der Waals surface area contributed by atoms with Gasteiger partial charge in [-0.05, 0) is 26.4 Å². The fourth-order valence-corrected chi connectivity index (χ4v) is 2.54. The average Bonchev–Trinajstić information content (AvgIpc) is 2.37. The fraction of sp³-hybridized carbons (Fsp3) is 0.923. The molecule has 0 spiro atoms. The number of hydrogen-bond acceptors (Lipinski definition) is 3. The molecule has 0 bridgehead atoms. The second-order valence-corrected chi connectivity index (χ2v) is 5.07. The first kappa shape index (κ1) is 14.5. The van der Waals surface area contributed by atoms with Crippen LogP contribution >= 0.6 is 0 Å². The molecule has 1 heterocycles. The number of carbonyl (C=O) groups excluding carboxylic acids is 1. The minimum Gasteiger partial charge on any atom is -0.342 e. The van der Waals surface area contributed by atoms with Crippen molar-refractivity contribution in [3.8, 4) is 0 Å². The number of hydrogen-bond donors (Lipinski definition) is 1. The predicted molar refractivity (Wildman–Crippen MR) is 71.0 cm³/mol. The van der Waals surface area contributed by atoms with Crippen molar-refractivity contribution in [1.82, 2.24) is 15.1 Å². The number of piperidine rings is 1. The van der Waals surface area contributed by atoms with Gasteiger partial charge in [-0.25, -0.2) is 0 Å². The van der Waals surface area contributed by atoms with Crippen LogP contribution < -0.4 is 5.32 Å². The van der Waals surface area contributed by atoms with Crippen LogP contribution in [-0.4, -0.2) is 62.0 Å². The van der Waals surface area contributed by atoms with E-state index >= 15 is 0 Å². The molecule has 1 saturated heterocycles. The van der Waals surface area contributed by atoms with Crippen LogP contribution in [0.1, 0.15) is 26.7 Å². The number of rotatable bonds is 5. The quantitative estimate of drug-likeness (QED) is 0.773. The predicted octanol–water partition coefficient (Wildman–Crippen LogP) is 0.785. The third kappa shape index (κ3) is 3.96. The molecule has 0 aromatic heterocycles. The molecule has 1 amide bonds. The lowest BCUT2D eigenvalue weighted by Crippen LogP contribution is -2.47. The van der Waals surface area contributed by atoms with Gasteiger partial charge in [0.2, 0.25) is 5.91 Å². The van der Waals surface area contributed by atoms with Gasteiger partial charge >= 0.3 is 0 Å². The molecule has 0 aliphatic carbocycles. The summed E-state index contributed by atoms with van der Waals surface area (Å²) in [6.45, 7) is 8.33. The Balaban J connectivity index is 2.42. The molecule has 4 heteroatoms. The van der Waals surface area contributed by atoms with E-state index in [9.17, 15) is 4.79 Å². The minimum absolute atomic E-state index is 0.0780. The molecule has 0 saturated carbocycles. The Morgan fingerprint density at radius 1 is 1.47 bits per heavy atom. The maximum absolute atomic E-state index is 12.2. The zero-order valence-corrected chi connectivity index (χ0v) is 11.7. The summed E-state index contributed by atoms with van der Waals surface area (Å²) in [5.74, 6) is 0.350. The lowest BCUT2D eigenvalue weighted by molar-refractivity contribution is -0.136. The Kier molecular flexibility index (Phi) is 5.92. The van der Waals surface area contributed by atoms with Gasteiger partial charge in [-0.1, -0.05) is 13.8 Å². The van der Waals surface area contributed by atoms with Gasteiger partial charge in [0.1, 0.15) is 0 Å². The lowest BCUT2D eigenvalue weighted by atomic mass is 10.0. The largest absolute Gasteiger partial charge is 0.342 e. The smallest absolute Gasteiger partial charge is 0.226 e. The van der Waals surface area contributed by atoms with Gasteiger partial charge in [0.15, 0.2) is 0 Å². The second-order valence-electron chi connectivity index (χ2n) is 5.07. The number of nitrogens with zero attached hydrogens (tertiary/aromatic N) is 2. The van der Waals surface area contributed by atoms with E-state index in [1.807, 2.05) is 25.9 Å². The number of carbonyl (C=O) groups is 1. The zero-order chi connectivity index (χ0) is 12.8. The van der Waals surface area contributed by atoms with Gasteiger partial charge in [0.25, 0.3) is 0 Å². The number of amides is 1. The Bertz CT molecular complexity index is 237. The molecule has 17 heavy (non-hydrogen) atoms. The zero-order valence-electron chi connectivity index (χ0n) is 11.7. The molecule has 1 fully saturated rings. The van der Waals surface area contributed by atoms with Gasteiger partial charge in [-0.3, -0.25) is 4.79 Å². The maximum atomic E-state index is 12.2. The van der Waals surface area contributed by atoms with Crippen molar-refractivity contribution in [2.45, 2.75) is 32.7 Å². The molecule has 1 rings (SSSR count). The average molecular weight is 241 g/mol. The minimum atomic E-state index is 0.0780. The van der Waals surface area contributed by atoms with E-state index in [0.717, 1.165) is 39.0 Å². The SMILES string of the molecule is CCN1CCC(N(C)C(=O)C(C)CNC)CC1. The summed E-state index contributed by atoms with van der Waals surface area (Å²) in [7, 11) is 3.85. The third-order valence-corrected chi connectivity index (χ3v) is 3.83.